The van der Waals surface area contributed by atoms with Crippen LogP contribution in [0.25, 0.3) is 0 Å². The zero-order valence-corrected chi connectivity index (χ0v) is 8.37. The number of hydrogen-bond donors (Lipinski definition) is 4. The molecule has 4 N–H and O–H groups in total. The molecule has 1 atom stereocenters. The Kier molecular flexibility index (Phi) is 6.04. The van der Waals surface area contributed by atoms with E-state index < -0.39 is 43.5 Å². The van der Waals surface area contributed by atoms with E-state index in [1.165, 1.54) is 0 Å². The Morgan fingerprint density at radius 2 is 1.62 bits per heavy atom. The molecule has 0 saturated carbocycles. The molecule has 0 aromatic rings. The summed E-state index contributed by atoms with van der Waals surface area (Å²) in [5, 5.41) is 34.4. The highest BCUT2D eigenvalue weighted by atomic mass is 16.4. The van der Waals surface area contributed by atoms with E-state index in [9.17, 15) is 14.4 Å². The van der Waals surface area contributed by atoms with Crippen molar-refractivity contribution in [2.24, 2.45) is 0 Å². The fourth-order valence-electron chi connectivity index (χ4n) is 1.19. The molecule has 16 heavy (non-hydrogen) atoms. The molecule has 0 fully saturated rings. The summed E-state index contributed by atoms with van der Waals surface area (Å²) < 4.78 is 0. The minimum atomic E-state index is -1.46. The summed E-state index contributed by atoms with van der Waals surface area (Å²) in [5.41, 5.74) is 0. The van der Waals surface area contributed by atoms with Crippen molar-refractivity contribution in [2.45, 2.75) is 12.5 Å². The molecule has 0 saturated heterocycles. The average molecular weight is 235 g/mol. The van der Waals surface area contributed by atoms with Crippen LogP contribution in [-0.4, -0.2) is 69.0 Å². The Morgan fingerprint density at radius 1 is 1.06 bits per heavy atom. The number of aliphatic carboxylic acids is 3. The highest BCUT2D eigenvalue weighted by Crippen LogP contribution is 2.05. The SMILES string of the molecule is O=C(O)C[C@@H](C(=O)O)N(CCO)CC(=O)O. The number of rotatable bonds is 8. The molecule has 0 radical (unpaired) electrons. The first kappa shape index (κ1) is 14.3. The summed E-state index contributed by atoms with van der Waals surface area (Å²) in [6.07, 6.45) is -0.720. The minimum absolute atomic E-state index is 0.212. The quantitative estimate of drug-likeness (QED) is 0.390. The van der Waals surface area contributed by atoms with Crippen molar-refractivity contribution in [1.29, 1.82) is 0 Å². The van der Waals surface area contributed by atoms with E-state index in [0.29, 0.717) is 0 Å². The number of carboxylic acid groups (broad SMARTS) is 3. The zero-order valence-electron chi connectivity index (χ0n) is 8.37. The molecular formula is C8H13NO7. The molecule has 0 aliphatic rings. The topological polar surface area (TPSA) is 135 Å². The van der Waals surface area contributed by atoms with Gasteiger partial charge in [-0.3, -0.25) is 19.3 Å². The minimum Gasteiger partial charge on any atom is -0.481 e. The van der Waals surface area contributed by atoms with Gasteiger partial charge in [-0.25, -0.2) is 0 Å². The third-order valence-corrected chi connectivity index (χ3v) is 1.82. The van der Waals surface area contributed by atoms with Crippen molar-refractivity contribution in [3.05, 3.63) is 0 Å². The molecule has 0 aliphatic heterocycles. The summed E-state index contributed by atoms with van der Waals surface area (Å²) in [7, 11) is 0. The Hall–Kier alpha value is -1.67. The van der Waals surface area contributed by atoms with Gasteiger partial charge in [0.25, 0.3) is 0 Å². The lowest BCUT2D eigenvalue weighted by Gasteiger charge is -2.25. The van der Waals surface area contributed by atoms with E-state index >= 15 is 0 Å². The highest BCUT2D eigenvalue weighted by molar-refractivity contribution is 5.81. The van der Waals surface area contributed by atoms with Crippen molar-refractivity contribution in [3.63, 3.8) is 0 Å². The van der Waals surface area contributed by atoms with Gasteiger partial charge in [0.2, 0.25) is 0 Å². The molecule has 0 spiro atoms. The van der Waals surface area contributed by atoms with Crippen LogP contribution in [0.1, 0.15) is 6.42 Å². The van der Waals surface area contributed by atoms with Gasteiger partial charge in [0.1, 0.15) is 6.04 Å². The number of aliphatic hydroxyl groups is 1. The summed E-state index contributed by atoms with van der Waals surface area (Å²) in [5.74, 6) is -4.07. The predicted octanol–water partition coefficient (Wildman–Crippen LogP) is -1.71. The number of aliphatic hydroxyl groups excluding tert-OH is 1. The summed E-state index contributed by atoms with van der Waals surface area (Å²) >= 11 is 0. The fraction of sp³-hybridized carbons (Fsp3) is 0.625. The lowest BCUT2D eigenvalue weighted by atomic mass is 10.1. The van der Waals surface area contributed by atoms with Gasteiger partial charge < -0.3 is 20.4 Å². The van der Waals surface area contributed by atoms with Gasteiger partial charge in [-0.1, -0.05) is 0 Å². The standard InChI is InChI=1S/C8H13NO7/c10-2-1-9(4-7(13)14)5(8(15)16)3-6(11)12/h5,10H,1-4H2,(H,11,12)(H,13,14)(H,15,16)/t5-/m0/s1. The van der Waals surface area contributed by atoms with Crippen molar-refractivity contribution < 1.29 is 34.8 Å². The smallest absolute Gasteiger partial charge is 0.321 e. The molecule has 8 heteroatoms. The van der Waals surface area contributed by atoms with Gasteiger partial charge in [0.05, 0.1) is 19.6 Å². The predicted molar refractivity (Wildman–Crippen MR) is 50.0 cm³/mol. The largest absolute Gasteiger partial charge is 0.481 e. The molecule has 0 bridgehead atoms. The zero-order chi connectivity index (χ0) is 12.7. The number of hydrogen-bond acceptors (Lipinski definition) is 5. The van der Waals surface area contributed by atoms with E-state index in [1.807, 2.05) is 0 Å². The van der Waals surface area contributed by atoms with Gasteiger partial charge in [-0.15, -0.1) is 0 Å². The second kappa shape index (κ2) is 6.75. The van der Waals surface area contributed by atoms with Crippen LogP contribution in [0.2, 0.25) is 0 Å². The molecule has 0 aromatic heterocycles. The number of carboxylic acids is 3. The molecule has 0 rings (SSSR count). The van der Waals surface area contributed by atoms with E-state index in [-0.39, 0.29) is 6.54 Å². The molecular weight excluding hydrogens is 222 g/mol. The Balaban J connectivity index is 4.70. The van der Waals surface area contributed by atoms with Crippen LogP contribution in [0.5, 0.6) is 0 Å². The van der Waals surface area contributed by atoms with Crippen molar-refractivity contribution in [3.8, 4) is 0 Å². The van der Waals surface area contributed by atoms with E-state index in [2.05, 4.69) is 0 Å². The molecule has 0 amide bonds. The first-order chi connectivity index (χ1) is 7.38. The van der Waals surface area contributed by atoms with E-state index in [1.54, 1.807) is 0 Å². The van der Waals surface area contributed by atoms with Gasteiger partial charge >= 0.3 is 17.9 Å². The lowest BCUT2D eigenvalue weighted by molar-refractivity contribution is -0.152. The average Bonchev–Trinajstić information content (AvgIpc) is 2.12. The van der Waals surface area contributed by atoms with Gasteiger partial charge in [-0.05, 0) is 0 Å². The lowest BCUT2D eigenvalue weighted by Crippen LogP contribution is -2.46. The maximum Gasteiger partial charge on any atom is 0.321 e. The van der Waals surface area contributed by atoms with E-state index in [4.69, 9.17) is 20.4 Å². The monoisotopic (exact) mass is 235 g/mol. The second-order valence-corrected chi connectivity index (χ2v) is 3.04. The third kappa shape index (κ3) is 5.27. The third-order valence-electron chi connectivity index (χ3n) is 1.82. The molecule has 8 nitrogen and oxygen atoms in total. The molecule has 0 heterocycles. The van der Waals surface area contributed by atoms with Crippen LogP contribution in [0.4, 0.5) is 0 Å². The summed E-state index contributed by atoms with van der Waals surface area (Å²) in [4.78, 5) is 32.5. The van der Waals surface area contributed by atoms with Crippen molar-refractivity contribution in [2.75, 3.05) is 19.7 Å². The first-order valence-electron chi connectivity index (χ1n) is 4.39. The van der Waals surface area contributed by atoms with Gasteiger partial charge in [0.15, 0.2) is 0 Å². The van der Waals surface area contributed by atoms with Gasteiger partial charge in [0, 0.05) is 6.54 Å². The van der Waals surface area contributed by atoms with Gasteiger partial charge in [-0.2, -0.15) is 0 Å². The van der Waals surface area contributed by atoms with Crippen molar-refractivity contribution >= 4 is 17.9 Å². The Labute approximate surface area is 90.7 Å². The first-order valence-corrected chi connectivity index (χ1v) is 4.39. The molecule has 0 aromatic carbocycles. The van der Waals surface area contributed by atoms with Crippen LogP contribution < -0.4 is 0 Å². The Morgan fingerprint density at radius 3 is 1.94 bits per heavy atom. The molecule has 0 unspecified atom stereocenters. The molecule has 92 valence electrons. The normalized spacial score (nSPS) is 12.4. The van der Waals surface area contributed by atoms with E-state index in [0.717, 1.165) is 4.90 Å². The maximum atomic E-state index is 10.8. The number of nitrogens with zero attached hydrogens (tertiary/aromatic N) is 1. The second-order valence-electron chi connectivity index (χ2n) is 3.04. The fourth-order valence-corrected chi connectivity index (χ4v) is 1.19. The van der Waals surface area contributed by atoms with Crippen LogP contribution in [-0.2, 0) is 14.4 Å². The van der Waals surface area contributed by atoms with Crippen LogP contribution >= 0.6 is 0 Å². The summed E-state index contributed by atoms with van der Waals surface area (Å²) in [6, 6.07) is -1.46. The van der Waals surface area contributed by atoms with Crippen LogP contribution in [0.15, 0.2) is 0 Å². The highest BCUT2D eigenvalue weighted by Gasteiger charge is 2.29. The maximum absolute atomic E-state index is 10.8. The van der Waals surface area contributed by atoms with Crippen LogP contribution in [0.3, 0.4) is 0 Å². The van der Waals surface area contributed by atoms with Crippen LogP contribution in [0, 0.1) is 0 Å². The summed E-state index contributed by atoms with van der Waals surface area (Å²) in [6.45, 7) is -1.29. The Bertz CT molecular complexity index is 278. The number of carbonyl (C=O) groups is 3. The van der Waals surface area contributed by atoms with Crippen molar-refractivity contribution in [1.82, 2.24) is 4.90 Å². The molecule has 0 aliphatic carbocycles.